The first-order valence-electron chi connectivity index (χ1n) is 9.39. The molecule has 1 aromatic heterocycles. The van der Waals surface area contributed by atoms with E-state index in [9.17, 15) is 14.0 Å². The van der Waals surface area contributed by atoms with Crippen LogP contribution in [0.2, 0.25) is 0 Å². The highest BCUT2D eigenvalue weighted by atomic mass is 19.1. The number of halogens is 1. The highest BCUT2D eigenvalue weighted by Gasteiger charge is 2.35. The Morgan fingerprint density at radius 2 is 1.75 bits per heavy atom. The molecule has 7 heteroatoms. The Bertz CT molecular complexity index is 828. The first kappa shape index (κ1) is 19.9. The van der Waals surface area contributed by atoms with Crippen LogP contribution in [0, 0.1) is 12.7 Å². The van der Waals surface area contributed by atoms with Gasteiger partial charge in [-0.15, -0.1) is 0 Å². The van der Waals surface area contributed by atoms with E-state index in [0.717, 1.165) is 24.2 Å². The molecule has 1 aliphatic rings. The van der Waals surface area contributed by atoms with E-state index < -0.39 is 0 Å². The Hall–Kier alpha value is -2.83. The van der Waals surface area contributed by atoms with Gasteiger partial charge in [0.1, 0.15) is 23.9 Å². The van der Waals surface area contributed by atoms with E-state index in [2.05, 4.69) is 0 Å². The number of urea groups is 1. The predicted octanol–water partition coefficient (Wildman–Crippen LogP) is 3.40. The fraction of sp³-hybridized carbons (Fsp3) is 0.429. The van der Waals surface area contributed by atoms with Gasteiger partial charge < -0.3 is 19.1 Å². The Balaban J connectivity index is 1.76. The second-order valence-electron chi connectivity index (χ2n) is 7.42. The lowest BCUT2D eigenvalue weighted by Crippen LogP contribution is -2.47. The van der Waals surface area contributed by atoms with Crippen molar-refractivity contribution in [3.8, 4) is 0 Å². The summed E-state index contributed by atoms with van der Waals surface area (Å²) in [4.78, 5) is 30.3. The van der Waals surface area contributed by atoms with Crippen molar-refractivity contribution in [1.29, 1.82) is 0 Å². The molecule has 0 radical (unpaired) electrons. The van der Waals surface area contributed by atoms with Crippen LogP contribution in [0.1, 0.15) is 29.9 Å². The summed E-state index contributed by atoms with van der Waals surface area (Å²) in [5.41, 5.74) is 0.815. The van der Waals surface area contributed by atoms with Gasteiger partial charge in [0.15, 0.2) is 0 Å². The maximum absolute atomic E-state index is 13.2. The maximum Gasteiger partial charge on any atom is 0.320 e. The number of hydrogen-bond acceptors (Lipinski definition) is 3. The number of carbonyl (C=O) groups excluding carboxylic acids is 2. The van der Waals surface area contributed by atoms with Gasteiger partial charge in [-0.3, -0.25) is 4.79 Å². The third-order valence-electron chi connectivity index (χ3n) is 4.70. The molecule has 0 atom stereocenters. The van der Waals surface area contributed by atoms with Gasteiger partial charge in [0.05, 0.1) is 6.54 Å². The highest BCUT2D eigenvalue weighted by Crippen LogP contribution is 2.27. The van der Waals surface area contributed by atoms with Crippen LogP contribution in [0.15, 0.2) is 40.8 Å². The van der Waals surface area contributed by atoms with Gasteiger partial charge in [0, 0.05) is 26.7 Å². The topological polar surface area (TPSA) is 57.0 Å². The minimum Gasteiger partial charge on any atom is -0.464 e. The second kappa shape index (κ2) is 8.46. The number of aryl methyl sites for hydroxylation is 1. The van der Waals surface area contributed by atoms with Crippen molar-refractivity contribution in [3.63, 3.8) is 0 Å². The van der Waals surface area contributed by atoms with Crippen LogP contribution in [0.4, 0.5) is 9.18 Å². The van der Waals surface area contributed by atoms with Crippen LogP contribution in [-0.2, 0) is 17.9 Å². The third-order valence-corrected chi connectivity index (χ3v) is 4.70. The Morgan fingerprint density at radius 3 is 2.29 bits per heavy atom. The molecule has 0 saturated heterocycles. The molecule has 28 heavy (non-hydrogen) atoms. The molecule has 0 aliphatic heterocycles. The molecular formula is C21H26FN3O3. The van der Waals surface area contributed by atoms with Crippen LogP contribution < -0.4 is 0 Å². The number of hydrogen-bond donors (Lipinski definition) is 0. The molecule has 6 nitrogen and oxygen atoms in total. The summed E-state index contributed by atoms with van der Waals surface area (Å²) in [6.07, 6.45) is 1.84. The zero-order valence-corrected chi connectivity index (χ0v) is 16.5. The lowest BCUT2D eigenvalue weighted by atomic mass is 10.2. The van der Waals surface area contributed by atoms with Gasteiger partial charge >= 0.3 is 6.03 Å². The van der Waals surface area contributed by atoms with Crippen molar-refractivity contribution in [2.75, 3.05) is 20.6 Å². The Kier molecular flexibility index (Phi) is 6.02. The van der Waals surface area contributed by atoms with Gasteiger partial charge in [-0.1, -0.05) is 12.1 Å². The minimum absolute atomic E-state index is 0.0164. The zero-order chi connectivity index (χ0) is 20.3. The standard InChI is InChI=1S/C21H26FN3O3/c1-15-4-11-19(28-15)13-24(12-16-5-7-17(22)8-6-16)20(26)14-25(18-9-10-18)21(27)23(2)3/h4-8,11,18H,9-10,12-14H2,1-3H3. The summed E-state index contributed by atoms with van der Waals surface area (Å²) in [7, 11) is 3.37. The van der Waals surface area contributed by atoms with Gasteiger partial charge in [0.2, 0.25) is 5.91 Å². The van der Waals surface area contributed by atoms with Gasteiger partial charge in [-0.25, -0.2) is 9.18 Å². The van der Waals surface area contributed by atoms with E-state index in [-0.39, 0.29) is 30.3 Å². The molecule has 0 spiro atoms. The van der Waals surface area contributed by atoms with Crippen molar-refractivity contribution in [2.24, 2.45) is 0 Å². The van der Waals surface area contributed by atoms with Crippen molar-refractivity contribution in [1.82, 2.24) is 14.7 Å². The second-order valence-corrected chi connectivity index (χ2v) is 7.42. The smallest absolute Gasteiger partial charge is 0.320 e. The summed E-state index contributed by atoms with van der Waals surface area (Å²) >= 11 is 0. The predicted molar refractivity (Wildman–Crippen MR) is 103 cm³/mol. The molecule has 2 aromatic rings. The number of carbonyl (C=O) groups is 2. The van der Waals surface area contributed by atoms with E-state index in [1.807, 2.05) is 19.1 Å². The van der Waals surface area contributed by atoms with E-state index in [0.29, 0.717) is 18.8 Å². The monoisotopic (exact) mass is 387 g/mol. The van der Waals surface area contributed by atoms with Crippen LogP contribution in [0.5, 0.6) is 0 Å². The summed E-state index contributed by atoms with van der Waals surface area (Å²) in [5, 5.41) is 0. The van der Waals surface area contributed by atoms with Crippen LogP contribution >= 0.6 is 0 Å². The minimum atomic E-state index is -0.320. The average molecular weight is 387 g/mol. The molecule has 1 saturated carbocycles. The number of nitrogens with zero attached hydrogens (tertiary/aromatic N) is 3. The molecule has 1 fully saturated rings. The van der Waals surface area contributed by atoms with Crippen molar-refractivity contribution < 1.29 is 18.4 Å². The number of rotatable bonds is 7. The number of furan rings is 1. The molecular weight excluding hydrogens is 361 g/mol. The summed E-state index contributed by atoms with van der Waals surface area (Å²) in [6.45, 7) is 2.47. The van der Waals surface area contributed by atoms with E-state index in [1.54, 1.807) is 36.0 Å². The Labute approximate surface area is 164 Å². The van der Waals surface area contributed by atoms with Gasteiger partial charge in [0.25, 0.3) is 0 Å². The Morgan fingerprint density at radius 1 is 1.07 bits per heavy atom. The largest absolute Gasteiger partial charge is 0.464 e. The summed E-state index contributed by atoms with van der Waals surface area (Å²) in [5.74, 6) is 0.955. The first-order valence-corrected chi connectivity index (χ1v) is 9.39. The van der Waals surface area contributed by atoms with Crippen molar-refractivity contribution in [2.45, 2.75) is 38.9 Å². The molecule has 1 aromatic carbocycles. The number of benzene rings is 1. The van der Waals surface area contributed by atoms with E-state index in [1.165, 1.54) is 17.0 Å². The number of amides is 3. The lowest BCUT2D eigenvalue weighted by molar-refractivity contribution is -0.133. The molecule has 3 rings (SSSR count). The van der Waals surface area contributed by atoms with Crippen molar-refractivity contribution in [3.05, 3.63) is 59.3 Å². The zero-order valence-electron chi connectivity index (χ0n) is 16.5. The molecule has 1 heterocycles. The first-order chi connectivity index (χ1) is 13.3. The fourth-order valence-corrected chi connectivity index (χ4v) is 3.04. The quantitative estimate of drug-likeness (QED) is 0.732. The fourth-order valence-electron chi connectivity index (χ4n) is 3.04. The van der Waals surface area contributed by atoms with Crippen LogP contribution in [-0.4, -0.2) is 53.3 Å². The van der Waals surface area contributed by atoms with E-state index >= 15 is 0 Å². The lowest BCUT2D eigenvalue weighted by Gasteiger charge is -2.29. The normalized spacial score (nSPS) is 13.3. The SMILES string of the molecule is Cc1ccc(CN(Cc2ccc(F)cc2)C(=O)CN(C(=O)N(C)C)C2CC2)o1. The molecule has 3 amide bonds. The summed E-state index contributed by atoms with van der Waals surface area (Å²) < 4.78 is 18.8. The van der Waals surface area contributed by atoms with Crippen molar-refractivity contribution >= 4 is 11.9 Å². The van der Waals surface area contributed by atoms with Gasteiger partial charge in [-0.2, -0.15) is 0 Å². The molecule has 0 bridgehead atoms. The highest BCUT2D eigenvalue weighted by molar-refractivity contribution is 5.84. The third kappa shape index (κ3) is 5.12. The molecule has 0 unspecified atom stereocenters. The molecule has 0 N–H and O–H groups in total. The van der Waals surface area contributed by atoms with Gasteiger partial charge in [-0.05, 0) is 49.6 Å². The van der Waals surface area contributed by atoms with E-state index in [4.69, 9.17) is 4.42 Å². The van der Waals surface area contributed by atoms with Crippen LogP contribution in [0.3, 0.4) is 0 Å². The maximum atomic E-state index is 13.2. The summed E-state index contributed by atoms with van der Waals surface area (Å²) in [6, 6.07) is 9.72. The van der Waals surface area contributed by atoms with Crippen LogP contribution in [0.25, 0.3) is 0 Å². The molecule has 150 valence electrons. The average Bonchev–Trinajstić information content (AvgIpc) is 3.42. The molecule has 1 aliphatic carbocycles.